The van der Waals surface area contributed by atoms with Gasteiger partial charge in [0, 0.05) is 11.2 Å². The van der Waals surface area contributed by atoms with Crippen LogP contribution in [0.5, 0.6) is 11.6 Å². The first kappa shape index (κ1) is 19.4. The van der Waals surface area contributed by atoms with E-state index in [2.05, 4.69) is 9.98 Å². The first-order chi connectivity index (χ1) is 13.5. The summed E-state index contributed by atoms with van der Waals surface area (Å²) in [5.41, 5.74) is -0.400. The number of rotatable bonds is 6. The third-order valence-electron chi connectivity index (χ3n) is 3.98. The van der Waals surface area contributed by atoms with Crippen LogP contribution in [0.15, 0.2) is 63.1 Å². The van der Waals surface area contributed by atoms with Crippen molar-refractivity contribution in [1.29, 1.82) is 0 Å². The molecule has 0 aliphatic carbocycles. The molecule has 0 saturated carbocycles. The van der Waals surface area contributed by atoms with Crippen molar-refractivity contribution in [2.45, 2.75) is 13.5 Å². The highest BCUT2D eigenvalue weighted by molar-refractivity contribution is 6.31. The molecule has 7 nitrogen and oxygen atoms in total. The van der Waals surface area contributed by atoms with Gasteiger partial charge in [0.15, 0.2) is 0 Å². The van der Waals surface area contributed by atoms with Gasteiger partial charge < -0.3 is 9.84 Å². The monoisotopic (exact) mass is 399 g/mol. The minimum atomic E-state index is -0.736. The molecular weight excluding hydrogens is 382 g/mol. The van der Waals surface area contributed by atoms with Crippen LogP contribution in [0.25, 0.3) is 0 Å². The van der Waals surface area contributed by atoms with Gasteiger partial charge in [0.1, 0.15) is 11.3 Å². The molecule has 2 aromatic carbocycles. The molecule has 28 heavy (non-hydrogen) atoms. The second-order valence-corrected chi connectivity index (χ2v) is 6.27. The summed E-state index contributed by atoms with van der Waals surface area (Å²) in [4.78, 5) is 30.7. The molecule has 0 radical (unpaired) electrons. The second-order valence-electron chi connectivity index (χ2n) is 5.86. The van der Waals surface area contributed by atoms with Crippen LogP contribution in [-0.2, 0) is 6.54 Å². The Hall–Kier alpha value is -3.32. The fourth-order valence-corrected chi connectivity index (χ4v) is 2.76. The van der Waals surface area contributed by atoms with E-state index in [9.17, 15) is 14.7 Å². The van der Waals surface area contributed by atoms with Crippen molar-refractivity contribution in [3.63, 3.8) is 0 Å². The van der Waals surface area contributed by atoms with Crippen LogP contribution in [0, 0.1) is 0 Å². The number of nitrogens with zero attached hydrogens (tertiary/aromatic N) is 2. The standard InChI is InChI=1S/C20H18ClN3O4/c1-2-28-15-9-7-14(8-10-15)22-11-16-18(25)23-20(27)24(19(16)26)12-13-5-3-4-6-17(13)21/h3-11,26H,2,12H2,1H3,(H,23,25,27). The predicted octanol–water partition coefficient (Wildman–Crippen LogP) is 3.09. The summed E-state index contributed by atoms with van der Waals surface area (Å²) in [5.74, 6) is 0.221. The van der Waals surface area contributed by atoms with Crippen molar-refractivity contribution in [2.75, 3.05) is 6.61 Å². The van der Waals surface area contributed by atoms with E-state index in [1.165, 1.54) is 6.21 Å². The molecule has 0 spiro atoms. The van der Waals surface area contributed by atoms with Gasteiger partial charge in [0.05, 0.1) is 18.8 Å². The summed E-state index contributed by atoms with van der Waals surface area (Å²) in [7, 11) is 0. The lowest BCUT2D eigenvalue weighted by molar-refractivity contribution is 0.340. The van der Waals surface area contributed by atoms with Crippen LogP contribution in [-0.4, -0.2) is 27.5 Å². The van der Waals surface area contributed by atoms with E-state index in [4.69, 9.17) is 16.3 Å². The third kappa shape index (κ3) is 4.32. The van der Waals surface area contributed by atoms with Gasteiger partial charge in [0.2, 0.25) is 5.88 Å². The van der Waals surface area contributed by atoms with Crippen molar-refractivity contribution >= 4 is 23.5 Å². The van der Waals surface area contributed by atoms with E-state index in [1.54, 1.807) is 48.5 Å². The van der Waals surface area contributed by atoms with E-state index in [0.717, 1.165) is 4.57 Å². The van der Waals surface area contributed by atoms with Gasteiger partial charge in [-0.3, -0.25) is 19.3 Å². The molecule has 3 rings (SSSR count). The van der Waals surface area contributed by atoms with Crippen LogP contribution in [0.4, 0.5) is 5.69 Å². The number of hydrogen-bond acceptors (Lipinski definition) is 5. The molecule has 3 aromatic rings. The molecule has 1 heterocycles. The number of nitrogens with one attached hydrogen (secondary N) is 1. The van der Waals surface area contributed by atoms with E-state index >= 15 is 0 Å². The number of aromatic amines is 1. The van der Waals surface area contributed by atoms with Crippen molar-refractivity contribution < 1.29 is 9.84 Å². The highest BCUT2D eigenvalue weighted by atomic mass is 35.5. The van der Waals surface area contributed by atoms with E-state index < -0.39 is 17.1 Å². The second kappa shape index (κ2) is 8.58. The van der Waals surface area contributed by atoms with E-state index in [1.807, 2.05) is 6.92 Å². The Kier molecular flexibility index (Phi) is 5.96. The van der Waals surface area contributed by atoms with Gasteiger partial charge in [-0.1, -0.05) is 29.8 Å². The number of ether oxygens (including phenoxy) is 1. The largest absolute Gasteiger partial charge is 0.494 e. The number of aromatic hydroxyl groups is 1. The Morgan fingerprint density at radius 2 is 1.89 bits per heavy atom. The van der Waals surface area contributed by atoms with Gasteiger partial charge >= 0.3 is 5.69 Å². The molecule has 0 bridgehead atoms. The topological polar surface area (TPSA) is 96.7 Å². The van der Waals surface area contributed by atoms with E-state index in [0.29, 0.717) is 28.6 Å². The number of aliphatic imine (C=N–C) groups is 1. The predicted molar refractivity (Wildman–Crippen MR) is 108 cm³/mol. The molecule has 8 heteroatoms. The number of hydrogen-bond donors (Lipinski definition) is 2. The molecule has 0 saturated heterocycles. The normalized spacial score (nSPS) is 11.1. The van der Waals surface area contributed by atoms with Gasteiger partial charge in [-0.2, -0.15) is 0 Å². The van der Waals surface area contributed by atoms with Gasteiger partial charge in [0.25, 0.3) is 5.56 Å². The molecular formula is C20H18ClN3O4. The summed E-state index contributed by atoms with van der Waals surface area (Å²) < 4.78 is 6.39. The summed E-state index contributed by atoms with van der Waals surface area (Å²) in [5, 5.41) is 10.9. The number of benzene rings is 2. The van der Waals surface area contributed by atoms with Crippen LogP contribution in [0.1, 0.15) is 18.1 Å². The van der Waals surface area contributed by atoms with Crippen LogP contribution in [0.2, 0.25) is 5.02 Å². The summed E-state index contributed by atoms with van der Waals surface area (Å²) in [6.45, 7) is 2.45. The fraction of sp³-hybridized carbons (Fsp3) is 0.150. The minimum absolute atomic E-state index is 0.00497. The quantitative estimate of drug-likeness (QED) is 0.622. The Balaban J connectivity index is 1.94. The Morgan fingerprint density at radius 1 is 1.18 bits per heavy atom. The Labute approximate surface area is 165 Å². The van der Waals surface area contributed by atoms with Crippen LogP contribution in [0.3, 0.4) is 0 Å². The number of H-pyrrole nitrogens is 1. The molecule has 2 N–H and O–H groups in total. The lowest BCUT2D eigenvalue weighted by Crippen LogP contribution is -2.32. The lowest BCUT2D eigenvalue weighted by Gasteiger charge is -2.10. The van der Waals surface area contributed by atoms with Crippen LogP contribution < -0.4 is 16.0 Å². The van der Waals surface area contributed by atoms with Gasteiger partial charge in [-0.25, -0.2) is 4.79 Å². The highest BCUT2D eigenvalue weighted by Gasteiger charge is 2.14. The first-order valence-electron chi connectivity index (χ1n) is 8.56. The van der Waals surface area contributed by atoms with Crippen LogP contribution >= 0.6 is 11.6 Å². The average molecular weight is 400 g/mol. The fourth-order valence-electron chi connectivity index (χ4n) is 2.57. The lowest BCUT2D eigenvalue weighted by atomic mass is 10.2. The summed E-state index contributed by atoms with van der Waals surface area (Å²) in [6.07, 6.45) is 1.21. The maximum absolute atomic E-state index is 12.1. The van der Waals surface area contributed by atoms with Gasteiger partial charge in [-0.15, -0.1) is 0 Å². The third-order valence-corrected chi connectivity index (χ3v) is 4.35. The average Bonchev–Trinajstić information content (AvgIpc) is 2.67. The maximum Gasteiger partial charge on any atom is 0.331 e. The van der Waals surface area contributed by atoms with Crippen molar-refractivity contribution in [3.8, 4) is 11.6 Å². The molecule has 0 unspecified atom stereocenters. The zero-order chi connectivity index (χ0) is 20.1. The zero-order valence-corrected chi connectivity index (χ0v) is 15.8. The Morgan fingerprint density at radius 3 is 2.57 bits per heavy atom. The maximum atomic E-state index is 12.1. The molecule has 0 aliphatic heterocycles. The summed E-state index contributed by atoms with van der Waals surface area (Å²) in [6, 6.07) is 13.9. The number of halogens is 1. The minimum Gasteiger partial charge on any atom is -0.494 e. The zero-order valence-electron chi connectivity index (χ0n) is 15.1. The Bertz CT molecular complexity index is 1120. The smallest absolute Gasteiger partial charge is 0.331 e. The van der Waals surface area contributed by atoms with Crippen molar-refractivity contribution in [1.82, 2.24) is 9.55 Å². The molecule has 0 atom stereocenters. The SMILES string of the molecule is CCOc1ccc(N=Cc2c(O)n(Cc3ccccc3Cl)c(=O)[nH]c2=O)cc1. The molecule has 0 aliphatic rings. The van der Waals surface area contributed by atoms with Crippen molar-refractivity contribution in [3.05, 3.63) is 85.5 Å². The molecule has 0 amide bonds. The van der Waals surface area contributed by atoms with Gasteiger partial charge in [-0.05, 0) is 42.8 Å². The first-order valence-corrected chi connectivity index (χ1v) is 8.93. The summed E-state index contributed by atoms with van der Waals surface area (Å²) >= 11 is 6.12. The molecule has 1 aromatic heterocycles. The highest BCUT2D eigenvalue weighted by Crippen LogP contribution is 2.20. The van der Waals surface area contributed by atoms with E-state index in [-0.39, 0.29) is 12.1 Å². The molecule has 144 valence electrons. The number of aromatic nitrogens is 2. The molecule has 0 fully saturated rings. The van der Waals surface area contributed by atoms with Crippen molar-refractivity contribution in [2.24, 2.45) is 4.99 Å².